The predicted molar refractivity (Wildman–Crippen MR) is 101 cm³/mol. The van der Waals surface area contributed by atoms with Gasteiger partial charge in [-0.05, 0) is 19.1 Å². The van der Waals surface area contributed by atoms with Crippen molar-refractivity contribution in [3.8, 4) is 0 Å². The average molecular weight is 520 g/mol. The molecule has 0 amide bonds. The summed E-state index contributed by atoms with van der Waals surface area (Å²) in [5, 5.41) is 25.2. The van der Waals surface area contributed by atoms with Gasteiger partial charge in [0.2, 0.25) is 0 Å². The van der Waals surface area contributed by atoms with Crippen LogP contribution >= 0.6 is 23.5 Å². The lowest BCUT2D eigenvalue weighted by Crippen LogP contribution is -2.43. The van der Waals surface area contributed by atoms with E-state index in [1.807, 2.05) is 0 Å². The first-order valence-electron chi connectivity index (χ1n) is 8.45. The molecule has 8 N–H and O–H groups in total. The first-order valence-corrected chi connectivity index (χ1v) is 13.0. The highest BCUT2D eigenvalue weighted by molar-refractivity contribution is 7.66. The highest BCUT2D eigenvalue weighted by atomic mass is 31.3. The van der Waals surface area contributed by atoms with Gasteiger partial charge >= 0.3 is 23.5 Å². The molecule has 1 aliphatic rings. The molecule has 32 heavy (non-hydrogen) atoms. The second kappa shape index (κ2) is 8.49. The molecular weight excluding hydrogens is 501 g/mol. The second-order valence-electron chi connectivity index (χ2n) is 6.81. The molecule has 1 saturated heterocycles. The Hall–Kier alpha value is -1.29. The molecule has 0 saturated carbocycles. The minimum Gasteiger partial charge on any atom is -0.387 e. The lowest BCUT2D eigenvalue weighted by atomic mass is 9.91. The molecule has 0 aliphatic carbocycles. The van der Waals surface area contributed by atoms with E-state index in [-0.39, 0.29) is 11.5 Å². The van der Waals surface area contributed by atoms with Crippen LogP contribution in [0.1, 0.15) is 18.7 Å². The minimum atomic E-state index is -5.70. The molecule has 0 aromatic carbocycles. The lowest BCUT2D eigenvalue weighted by molar-refractivity contribution is -0.0664. The SMILES string of the molecule is C[C@@]1(O)[C@H](O)[C@@H](COP(=O)(O)OP(=O)(O)OP(=O)(O)O)O[C@H]1c1ccc2c(N)ncnn12. The number of nitrogens with zero attached hydrogens (tertiary/aromatic N) is 3. The van der Waals surface area contributed by atoms with Crippen molar-refractivity contribution in [3.63, 3.8) is 0 Å². The highest BCUT2D eigenvalue weighted by Gasteiger charge is 2.54. The highest BCUT2D eigenvalue weighted by Crippen LogP contribution is 2.66. The number of anilines is 1. The maximum atomic E-state index is 11.9. The van der Waals surface area contributed by atoms with Crippen molar-refractivity contribution in [1.82, 2.24) is 14.6 Å². The molecule has 2 aromatic rings. The summed E-state index contributed by atoms with van der Waals surface area (Å²) in [4.78, 5) is 39.6. The number of ether oxygens (including phenoxy) is 1. The molecule has 17 nitrogen and oxygen atoms in total. The number of aliphatic hydroxyl groups is 2. The van der Waals surface area contributed by atoms with Gasteiger partial charge in [-0.1, -0.05) is 0 Å². The maximum Gasteiger partial charge on any atom is 0.490 e. The largest absolute Gasteiger partial charge is 0.490 e. The van der Waals surface area contributed by atoms with Crippen LogP contribution in [0.2, 0.25) is 0 Å². The van der Waals surface area contributed by atoms with E-state index in [0.717, 1.165) is 6.33 Å². The summed E-state index contributed by atoms with van der Waals surface area (Å²) in [5.74, 6) is 0.133. The lowest BCUT2D eigenvalue weighted by Gasteiger charge is -2.26. The Labute approximate surface area is 178 Å². The number of nitrogens with two attached hydrogens (primary N) is 1. The number of rotatable bonds is 8. The topological polar surface area (TPSA) is 266 Å². The second-order valence-corrected chi connectivity index (χ2v) is 11.2. The van der Waals surface area contributed by atoms with E-state index >= 15 is 0 Å². The van der Waals surface area contributed by atoms with E-state index in [2.05, 4.69) is 23.2 Å². The zero-order valence-corrected chi connectivity index (χ0v) is 18.7. The van der Waals surface area contributed by atoms with E-state index in [1.165, 1.54) is 23.6 Å². The van der Waals surface area contributed by atoms with Crippen molar-refractivity contribution >= 4 is 34.8 Å². The van der Waals surface area contributed by atoms with Gasteiger partial charge in [-0.15, -0.1) is 0 Å². The van der Waals surface area contributed by atoms with Gasteiger partial charge < -0.3 is 40.3 Å². The fourth-order valence-electron chi connectivity index (χ4n) is 3.06. The Balaban J connectivity index is 1.74. The molecule has 3 heterocycles. The van der Waals surface area contributed by atoms with Gasteiger partial charge in [0, 0.05) is 0 Å². The standard InChI is InChI=1S/C12H19N4O13P3/c1-12(18)9(17)8(4-26-31(22,23)29-32(24,25)28-30(19,20)21)27-10(12)6-2-3-7-11(13)14-5-15-16(6)7/h2-3,5,8-10,17-18H,4H2,1H3,(H,22,23)(H,24,25)(H2,13,14,15)(H2,19,20,21)/t8-,9-,10+,12-/m1/s1. The van der Waals surface area contributed by atoms with E-state index in [9.17, 15) is 28.8 Å². The number of aliphatic hydroxyl groups excluding tert-OH is 1. The van der Waals surface area contributed by atoms with E-state index < -0.39 is 54.0 Å². The molecule has 6 atom stereocenters. The van der Waals surface area contributed by atoms with Gasteiger partial charge in [-0.25, -0.2) is 23.2 Å². The summed E-state index contributed by atoms with van der Waals surface area (Å²) >= 11 is 0. The van der Waals surface area contributed by atoms with E-state index in [4.69, 9.17) is 25.2 Å². The van der Waals surface area contributed by atoms with Crippen LogP contribution in [-0.2, 0) is 31.6 Å². The van der Waals surface area contributed by atoms with Crippen molar-refractivity contribution in [2.45, 2.75) is 30.8 Å². The van der Waals surface area contributed by atoms with Crippen molar-refractivity contribution in [1.29, 1.82) is 0 Å². The van der Waals surface area contributed by atoms with Crippen LogP contribution in [0.15, 0.2) is 18.5 Å². The van der Waals surface area contributed by atoms with Crippen molar-refractivity contribution in [2.75, 3.05) is 12.3 Å². The first-order chi connectivity index (χ1) is 14.5. The third-order valence-corrected chi connectivity index (χ3v) is 8.19. The number of fused-ring (bicyclic) bond motifs is 1. The van der Waals surface area contributed by atoms with Crippen LogP contribution in [0.4, 0.5) is 5.82 Å². The number of phosphoric ester groups is 1. The third-order valence-electron chi connectivity index (χ3n) is 4.39. The van der Waals surface area contributed by atoms with Crippen molar-refractivity contribution < 1.29 is 61.4 Å². The summed E-state index contributed by atoms with van der Waals surface area (Å²) in [7, 11) is -16.7. The maximum absolute atomic E-state index is 11.9. The Morgan fingerprint density at radius 2 is 1.84 bits per heavy atom. The third kappa shape index (κ3) is 5.43. The fraction of sp³-hybridized carbons (Fsp3) is 0.500. The van der Waals surface area contributed by atoms with Crippen LogP contribution in [0, 0.1) is 0 Å². The number of hydrogen-bond donors (Lipinski definition) is 7. The fourth-order valence-corrected chi connectivity index (χ4v) is 6.09. The van der Waals surface area contributed by atoms with Gasteiger partial charge in [0.15, 0.2) is 5.82 Å². The van der Waals surface area contributed by atoms with Gasteiger partial charge in [0.05, 0.1) is 12.3 Å². The number of hydrogen-bond acceptors (Lipinski definition) is 12. The zero-order valence-electron chi connectivity index (χ0n) is 16.0. The van der Waals surface area contributed by atoms with Crippen LogP contribution in [0.5, 0.6) is 0 Å². The average Bonchev–Trinajstić information content (AvgIpc) is 3.11. The number of aromatic nitrogens is 3. The molecule has 0 radical (unpaired) electrons. The Morgan fingerprint density at radius 3 is 2.47 bits per heavy atom. The quantitative estimate of drug-likeness (QED) is 0.210. The van der Waals surface area contributed by atoms with Crippen molar-refractivity contribution in [3.05, 3.63) is 24.2 Å². The molecule has 0 spiro atoms. The van der Waals surface area contributed by atoms with Crippen LogP contribution in [0.3, 0.4) is 0 Å². The van der Waals surface area contributed by atoms with Crippen LogP contribution < -0.4 is 5.73 Å². The Kier molecular flexibility index (Phi) is 6.72. The molecule has 1 aliphatic heterocycles. The van der Waals surface area contributed by atoms with Gasteiger partial charge in [0.25, 0.3) is 0 Å². The number of nitrogen functional groups attached to an aromatic ring is 1. The predicted octanol–water partition coefficient (Wildman–Crippen LogP) is -0.793. The smallest absolute Gasteiger partial charge is 0.387 e. The van der Waals surface area contributed by atoms with E-state index in [0.29, 0.717) is 5.52 Å². The Morgan fingerprint density at radius 1 is 1.19 bits per heavy atom. The molecule has 2 aromatic heterocycles. The molecule has 0 bridgehead atoms. The molecule has 180 valence electrons. The summed E-state index contributed by atoms with van der Waals surface area (Å²) in [5.41, 5.74) is 4.43. The summed E-state index contributed by atoms with van der Waals surface area (Å²) in [6.07, 6.45) is -3.23. The van der Waals surface area contributed by atoms with Crippen LogP contribution in [0.25, 0.3) is 5.52 Å². The van der Waals surface area contributed by atoms with Gasteiger partial charge in [-0.3, -0.25) is 4.52 Å². The molecule has 20 heteroatoms. The summed E-state index contributed by atoms with van der Waals surface area (Å²) in [6, 6.07) is 3.03. The minimum absolute atomic E-state index is 0.133. The van der Waals surface area contributed by atoms with Crippen molar-refractivity contribution in [2.24, 2.45) is 0 Å². The first kappa shape index (κ1) is 25.3. The van der Waals surface area contributed by atoms with Gasteiger partial charge in [-0.2, -0.15) is 13.7 Å². The Bertz CT molecular complexity index is 1150. The molecular formula is C12H19N4O13P3. The van der Waals surface area contributed by atoms with Gasteiger partial charge in [0.1, 0.15) is 35.8 Å². The number of phosphoric acid groups is 3. The molecule has 2 unspecified atom stereocenters. The summed E-state index contributed by atoms with van der Waals surface area (Å²) in [6.45, 7) is 0.273. The zero-order chi connectivity index (χ0) is 24.1. The summed E-state index contributed by atoms with van der Waals surface area (Å²) < 4.78 is 52.4. The van der Waals surface area contributed by atoms with Crippen LogP contribution in [-0.4, -0.2) is 68.8 Å². The normalized spacial score (nSPS) is 30.3. The monoisotopic (exact) mass is 520 g/mol. The molecule has 1 fully saturated rings. The molecule has 3 rings (SSSR count). The van der Waals surface area contributed by atoms with E-state index in [1.54, 1.807) is 0 Å².